The van der Waals surface area contributed by atoms with Crippen LogP contribution >= 0.6 is 0 Å². The van der Waals surface area contributed by atoms with E-state index in [0.717, 1.165) is 12.8 Å². The molecule has 0 spiro atoms. The van der Waals surface area contributed by atoms with Crippen LogP contribution in [-0.4, -0.2) is 46.7 Å². The zero-order valence-corrected chi connectivity index (χ0v) is 11.8. The molecule has 0 aromatic carbocycles. The van der Waals surface area contributed by atoms with Crippen molar-refractivity contribution in [2.24, 2.45) is 0 Å². The van der Waals surface area contributed by atoms with Gasteiger partial charge in [-0.15, -0.1) is 0 Å². The normalized spacial score (nSPS) is 33.5. The first kappa shape index (κ1) is 16.3. The molecule has 5 atom stereocenters. The van der Waals surface area contributed by atoms with Crippen molar-refractivity contribution in [2.45, 2.75) is 70.7 Å². The fourth-order valence-electron chi connectivity index (χ4n) is 1.94. The zero-order chi connectivity index (χ0) is 14.4. The van der Waals surface area contributed by atoms with Crippen LogP contribution in [0.5, 0.6) is 0 Å². The largest absolute Gasteiger partial charge is 0.390 e. The van der Waals surface area contributed by atoms with E-state index < -0.39 is 18.5 Å². The number of hydrogen-bond donors (Lipinski definition) is 2. The lowest BCUT2D eigenvalue weighted by molar-refractivity contribution is -0.273. The topological polar surface area (TPSA) is 76.0 Å². The van der Waals surface area contributed by atoms with Gasteiger partial charge in [-0.2, -0.15) is 0 Å². The molecule has 5 heteroatoms. The molecule has 2 N–H and O–H groups in total. The Morgan fingerprint density at radius 3 is 2.79 bits per heavy atom. The minimum Gasteiger partial charge on any atom is -0.390 e. The first-order chi connectivity index (χ1) is 8.90. The number of carbonyl (C=O) groups excluding carboxylic acids is 1. The van der Waals surface area contributed by atoms with E-state index in [9.17, 15) is 15.0 Å². The molecule has 1 rings (SSSR count). The highest BCUT2D eigenvalue weighted by Gasteiger charge is 2.35. The number of ether oxygens (including phenoxy) is 2. The molecule has 5 nitrogen and oxygen atoms in total. The molecular formula is C14H24O5. The summed E-state index contributed by atoms with van der Waals surface area (Å²) >= 11 is 0. The summed E-state index contributed by atoms with van der Waals surface area (Å²) in [7, 11) is 0. The molecule has 0 amide bonds. The smallest absolute Gasteiger partial charge is 0.184 e. The first-order valence-corrected chi connectivity index (χ1v) is 6.74. The van der Waals surface area contributed by atoms with Crippen molar-refractivity contribution < 1.29 is 24.5 Å². The summed E-state index contributed by atoms with van der Waals surface area (Å²) in [4.78, 5) is 10.7. The highest BCUT2D eigenvalue weighted by Crippen LogP contribution is 2.22. The lowest BCUT2D eigenvalue weighted by atomic mass is 10.0. The molecule has 1 saturated heterocycles. The number of allylic oxidation sites excluding steroid dienone is 2. The predicted octanol–water partition coefficient (Wildman–Crippen LogP) is 1.17. The van der Waals surface area contributed by atoms with Crippen LogP contribution < -0.4 is 0 Å². The van der Waals surface area contributed by atoms with Gasteiger partial charge in [0.2, 0.25) is 0 Å². The van der Waals surface area contributed by atoms with E-state index in [2.05, 4.69) is 0 Å². The first-order valence-electron chi connectivity index (χ1n) is 6.74. The summed E-state index contributed by atoms with van der Waals surface area (Å²) in [6, 6.07) is 0. The standard InChI is InChI=1S/C14H24O5/c1-9(15)6-4-5-7-10(2)18-14-13(17)8-12(16)11(3)19-14/h4,6,10-14,16-17H,5,7-8H2,1-3H3/b6-4+/t10-,11?,12-,13?,14-/m1/s1. The Labute approximate surface area is 114 Å². The molecule has 110 valence electrons. The molecule has 0 radical (unpaired) electrons. The van der Waals surface area contributed by atoms with Crippen molar-refractivity contribution in [1.82, 2.24) is 0 Å². The summed E-state index contributed by atoms with van der Waals surface area (Å²) in [6.45, 7) is 5.16. The Hall–Kier alpha value is -0.750. The number of aliphatic hydroxyl groups is 2. The molecule has 2 unspecified atom stereocenters. The molecule has 0 aromatic rings. The Morgan fingerprint density at radius 2 is 2.16 bits per heavy atom. The van der Waals surface area contributed by atoms with Crippen molar-refractivity contribution in [3.8, 4) is 0 Å². The molecule has 1 heterocycles. The van der Waals surface area contributed by atoms with Crippen molar-refractivity contribution in [3.05, 3.63) is 12.2 Å². The minimum absolute atomic E-state index is 0.0300. The molecule has 1 aliphatic rings. The average molecular weight is 272 g/mol. The van der Waals surface area contributed by atoms with Crippen LogP contribution in [0.3, 0.4) is 0 Å². The lowest BCUT2D eigenvalue weighted by Gasteiger charge is -2.36. The molecule has 1 aliphatic heterocycles. The number of rotatable bonds is 6. The summed E-state index contributed by atoms with van der Waals surface area (Å²) < 4.78 is 11.1. The van der Waals surface area contributed by atoms with Gasteiger partial charge in [0.15, 0.2) is 12.1 Å². The third kappa shape index (κ3) is 5.82. The summed E-state index contributed by atoms with van der Waals surface area (Å²) in [5.74, 6) is 0.0300. The van der Waals surface area contributed by atoms with E-state index in [-0.39, 0.29) is 24.4 Å². The monoisotopic (exact) mass is 272 g/mol. The van der Waals surface area contributed by atoms with Crippen LogP contribution in [0.25, 0.3) is 0 Å². The van der Waals surface area contributed by atoms with Gasteiger partial charge in [-0.1, -0.05) is 6.08 Å². The quantitative estimate of drug-likeness (QED) is 0.710. The predicted molar refractivity (Wildman–Crippen MR) is 70.6 cm³/mol. The van der Waals surface area contributed by atoms with Crippen LogP contribution in [0.15, 0.2) is 12.2 Å². The van der Waals surface area contributed by atoms with Gasteiger partial charge in [-0.25, -0.2) is 0 Å². The van der Waals surface area contributed by atoms with E-state index >= 15 is 0 Å². The fourth-order valence-corrected chi connectivity index (χ4v) is 1.94. The van der Waals surface area contributed by atoms with Gasteiger partial charge in [0.1, 0.15) is 6.10 Å². The molecule has 19 heavy (non-hydrogen) atoms. The van der Waals surface area contributed by atoms with Gasteiger partial charge in [0.25, 0.3) is 0 Å². The number of carbonyl (C=O) groups is 1. The van der Waals surface area contributed by atoms with Gasteiger partial charge in [-0.05, 0) is 39.7 Å². The maximum Gasteiger partial charge on any atom is 0.184 e. The van der Waals surface area contributed by atoms with E-state index in [1.54, 1.807) is 6.92 Å². The summed E-state index contributed by atoms with van der Waals surface area (Å²) in [6.07, 6.45) is 2.54. The van der Waals surface area contributed by atoms with E-state index in [1.807, 2.05) is 13.0 Å². The van der Waals surface area contributed by atoms with Crippen molar-refractivity contribution in [1.29, 1.82) is 0 Å². The highest BCUT2D eigenvalue weighted by atomic mass is 16.7. The maximum absolute atomic E-state index is 10.7. The van der Waals surface area contributed by atoms with E-state index in [1.165, 1.54) is 13.0 Å². The van der Waals surface area contributed by atoms with Crippen LogP contribution in [-0.2, 0) is 14.3 Å². The van der Waals surface area contributed by atoms with Crippen LogP contribution in [0.1, 0.15) is 40.0 Å². The molecule has 0 saturated carbocycles. The van der Waals surface area contributed by atoms with Crippen molar-refractivity contribution in [2.75, 3.05) is 0 Å². The van der Waals surface area contributed by atoms with Crippen molar-refractivity contribution in [3.63, 3.8) is 0 Å². The zero-order valence-electron chi connectivity index (χ0n) is 11.8. The van der Waals surface area contributed by atoms with Gasteiger partial charge in [0, 0.05) is 6.42 Å². The number of aliphatic hydroxyl groups excluding tert-OH is 2. The molecular weight excluding hydrogens is 248 g/mol. The fraction of sp³-hybridized carbons (Fsp3) is 0.786. The summed E-state index contributed by atoms with van der Waals surface area (Å²) in [5, 5.41) is 19.3. The highest BCUT2D eigenvalue weighted by molar-refractivity contribution is 5.87. The number of hydrogen-bond acceptors (Lipinski definition) is 5. The SMILES string of the molecule is CC(=O)/C=C/CC[C@@H](C)O[C@@H]1OC(C)[C@H](O)CC1O. The van der Waals surface area contributed by atoms with Crippen LogP contribution in [0, 0.1) is 0 Å². The van der Waals surface area contributed by atoms with Gasteiger partial charge >= 0.3 is 0 Å². The third-order valence-electron chi connectivity index (χ3n) is 3.15. The average Bonchev–Trinajstić information content (AvgIpc) is 2.31. The Kier molecular flexibility index (Phi) is 6.65. The molecule has 0 aliphatic carbocycles. The molecule has 1 fully saturated rings. The minimum atomic E-state index is -0.804. The van der Waals surface area contributed by atoms with E-state index in [4.69, 9.17) is 9.47 Å². The van der Waals surface area contributed by atoms with Gasteiger partial charge in [0.05, 0.1) is 18.3 Å². The second-order valence-electron chi connectivity index (χ2n) is 5.12. The van der Waals surface area contributed by atoms with Crippen molar-refractivity contribution >= 4 is 5.78 Å². The third-order valence-corrected chi connectivity index (χ3v) is 3.15. The van der Waals surface area contributed by atoms with E-state index in [0.29, 0.717) is 0 Å². The Morgan fingerprint density at radius 1 is 1.47 bits per heavy atom. The molecule has 0 aromatic heterocycles. The van der Waals surface area contributed by atoms with Crippen LogP contribution in [0.2, 0.25) is 0 Å². The van der Waals surface area contributed by atoms with Gasteiger partial charge in [-0.3, -0.25) is 4.79 Å². The molecule has 0 bridgehead atoms. The second-order valence-corrected chi connectivity index (χ2v) is 5.12. The Balaban J connectivity index is 2.31. The lowest BCUT2D eigenvalue weighted by Crippen LogP contribution is -2.48. The van der Waals surface area contributed by atoms with Gasteiger partial charge < -0.3 is 19.7 Å². The Bertz CT molecular complexity index is 315. The van der Waals surface area contributed by atoms with Crippen LogP contribution in [0.4, 0.5) is 0 Å². The number of ketones is 1. The summed E-state index contributed by atoms with van der Waals surface area (Å²) in [5.41, 5.74) is 0. The second kappa shape index (κ2) is 7.75. The maximum atomic E-state index is 10.7.